The van der Waals surface area contributed by atoms with Gasteiger partial charge in [0.1, 0.15) is 0 Å². The first-order valence-electron chi connectivity index (χ1n) is 6.98. The lowest BCUT2D eigenvalue weighted by Gasteiger charge is -2.32. The van der Waals surface area contributed by atoms with Crippen LogP contribution < -0.4 is 5.32 Å². The molecule has 1 heterocycles. The van der Waals surface area contributed by atoms with E-state index < -0.39 is 12.7 Å². The maximum absolute atomic E-state index is 12.3. The molecule has 1 aliphatic heterocycles. The van der Waals surface area contributed by atoms with E-state index in [0.717, 1.165) is 18.4 Å². The van der Waals surface area contributed by atoms with E-state index in [-0.39, 0.29) is 6.04 Å². The molecule has 1 fully saturated rings. The maximum Gasteiger partial charge on any atom is 0.401 e. The van der Waals surface area contributed by atoms with E-state index in [1.54, 1.807) is 12.1 Å². The molecule has 1 aromatic carbocycles. The maximum atomic E-state index is 12.3. The molecule has 0 atom stereocenters. The van der Waals surface area contributed by atoms with Crippen molar-refractivity contribution in [2.24, 2.45) is 0 Å². The first-order valence-corrected chi connectivity index (χ1v) is 6.98. The van der Waals surface area contributed by atoms with Crippen LogP contribution in [0.5, 0.6) is 0 Å². The van der Waals surface area contributed by atoms with Crippen molar-refractivity contribution in [2.45, 2.75) is 31.6 Å². The highest BCUT2D eigenvalue weighted by atomic mass is 19.4. The molecule has 0 unspecified atom stereocenters. The summed E-state index contributed by atoms with van der Waals surface area (Å²) in [5.74, 6) is 0. The van der Waals surface area contributed by atoms with Gasteiger partial charge in [0.15, 0.2) is 0 Å². The lowest BCUT2D eigenvalue weighted by Crippen LogP contribution is -2.45. The minimum atomic E-state index is -4.11. The Morgan fingerprint density at radius 1 is 1.19 bits per heavy atom. The molecule has 0 saturated carbocycles. The number of halogens is 3. The van der Waals surface area contributed by atoms with Crippen molar-refractivity contribution in [2.75, 3.05) is 19.6 Å². The summed E-state index contributed by atoms with van der Waals surface area (Å²) in [7, 11) is 0. The second-order valence-electron chi connectivity index (χ2n) is 5.36. The van der Waals surface area contributed by atoms with Crippen LogP contribution in [-0.2, 0) is 6.54 Å². The van der Waals surface area contributed by atoms with Gasteiger partial charge in [-0.05, 0) is 43.6 Å². The molecule has 0 amide bonds. The molecular weight excluding hydrogens is 279 g/mol. The van der Waals surface area contributed by atoms with Crippen LogP contribution in [0.1, 0.15) is 24.0 Å². The second kappa shape index (κ2) is 6.92. The first kappa shape index (κ1) is 15.8. The molecule has 0 radical (unpaired) electrons. The van der Waals surface area contributed by atoms with Gasteiger partial charge in [-0.15, -0.1) is 0 Å². The molecule has 1 aromatic rings. The quantitative estimate of drug-likeness (QED) is 0.928. The van der Waals surface area contributed by atoms with Crippen molar-refractivity contribution < 1.29 is 13.2 Å². The molecule has 6 heteroatoms. The summed E-state index contributed by atoms with van der Waals surface area (Å²) in [6, 6.07) is 9.64. The highest BCUT2D eigenvalue weighted by Crippen LogP contribution is 2.20. The first-order chi connectivity index (χ1) is 9.96. The molecule has 0 aromatic heterocycles. The van der Waals surface area contributed by atoms with Crippen LogP contribution in [0.3, 0.4) is 0 Å². The molecule has 0 aliphatic carbocycles. The van der Waals surface area contributed by atoms with Crippen LogP contribution in [0, 0.1) is 11.3 Å². The fourth-order valence-electron chi connectivity index (χ4n) is 2.51. The molecule has 3 nitrogen and oxygen atoms in total. The number of alkyl halides is 3. The lowest BCUT2D eigenvalue weighted by atomic mass is 10.0. The number of rotatable bonds is 4. The van der Waals surface area contributed by atoms with Crippen molar-refractivity contribution in [3.63, 3.8) is 0 Å². The zero-order valence-electron chi connectivity index (χ0n) is 11.7. The van der Waals surface area contributed by atoms with Crippen LogP contribution in [0.25, 0.3) is 0 Å². The van der Waals surface area contributed by atoms with E-state index in [4.69, 9.17) is 5.26 Å². The Labute approximate surface area is 122 Å². The molecular formula is C15H18F3N3. The Kier molecular flexibility index (Phi) is 5.21. The summed E-state index contributed by atoms with van der Waals surface area (Å²) in [6.45, 7) is 0.820. The van der Waals surface area contributed by atoms with Gasteiger partial charge in [0.2, 0.25) is 0 Å². The number of likely N-dealkylation sites (tertiary alicyclic amines) is 1. The van der Waals surface area contributed by atoms with Gasteiger partial charge < -0.3 is 5.32 Å². The Morgan fingerprint density at radius 2 is 1.81 bits per heavy atom. The largest absolute Gasteiger partial charge is 0.401 e. The average Bonchev–Trinajstić information content (AvgIpc) is 2.45. The highest BCUT2D eigenvalue weighted by molar-refractivity contribution is 5.31. The van der Waals surface area contributed by atoms with Crippen molar-refractivity contribution in [3.8, 4) is 6.07 Å². The molecule has 1 aliphatic rings. The Bertz CT molecular complexity index is 482. The summed E-state index contributed by atoms with van der Waals surface area (Å²) < 4.78 is 36.9. The highest BCUT2D eigenvalue weighted by Gasteiger charge is 2.32. The second-order valence-corrected chi connectivity index (χ2v) is 5.36. The third-order valence-electron chi connectivity index (χ3n) is 3.67. The van der Waals surface area contributed by atoms with E-state index in [0.29, 0.717) is 25.2 Å². The van der Waals surface area contributed by atoms with Gasteiger partial charge in [0.05, 0.1) is 18.2 Å². The molecule has 1 N–H and O–H groups in total. The standard InChI is InChI=1S/C15H18F3N3/c16-15(17,18)11-21-7-5-14(6-8-21)20-10-13-3-1-12(9-19)2-4-13/h1-4,14,20H,5-8,10-11H2. The Hall–Kier alpha value is -1.58. The van der Waals surface area contributed by atoms with Crippen molar-refractivity contribution in [3.05, 3.63) is 35.4 Å². The van der Waals surface area contributed by atoms with E-state index in [9.17, 15) is 13.2 Å². The van der Waals surface area contributed by atoms with Crippen molar-refractivity contribution in [1.29, 1.82) is 5.26 Å². The third-order valence-corrected chi connectivity index (χ3v) is 3.67. The number of hydrogen-bond acceptors (Lipinski definition) is 3. The average molecular weight is 297 g/mol. The molecule has 21 heavy (non-hydrogen) atoms. The van der Waals surface area contributed by atoms with Crippen LogP contribution in [0.2, 0.25) is 0 Å². The predicted molar refractivity (Wildman–Crippen MR) is 73.5 cm³/mol. The normalized spacial score (nSPS) is 17.6. The molecule has 0 spiro atoms. The summed E-state index contributed by atoms with van der Waals surface area (Å²) in [4.78, 5) is 1.46. The van der Waals surface area contributed by atoms with Crippen molar-refractivity contribution >= 4 is 0 Å². The van der Waals surface area contributed by atoms with Crippen molar-refractivity contribution in [1.82, 2.24) is 10.2 Å². The minimum absolute atomic E-state index is 0.255. The fourth-order valence-corrected chi connectivity index (χ4v) is 2.51. The van der Waals surface area contributed by atoms with E-state index in [1.165, 1.54) is 4.90 Å². The monoisotopic (exact) mass is 297 g/mol. The Balaban J connectivity index is 1.72. The SMILES string of the molecule is N#Cc1ccc(CNC2CCN(CC(F)(F)F)CC2)cc1. The molecule has 2 rings (SSSR count). The van der Waals surface area contributed by atoms with Crippen LogP contribution >= 0.6 is 0 Å². The molecule has 0 bridgehead atoms. The zero-order chi connectivity index (χ0) is 15.3. The van der Waals surface area contributed by atoms with Gasteiger partial charge in [-0.2, -0.15) is 18.4 Å². The van der Waals surface area contributed by atoms with Gasteiger partial charge in [-0.25, -0.2) is 0 Å². The number of nitrogens with zero attached hydrogens (tertiary/aromatic N) is 2. The van der Waals surface area contributed by atoms with Crippen LogP contribution in [0.4, 0.5) is 13.2 Å². The number of nitriles is 1. The summed E-state index contributed by atoms with van der Waals surface area (Å²) in [6.07, 6.45) is -2.65. The van der Waals surface area contributed by atoms with Gasteiger partial charge in [-0.3, -0.25) is 4.90 Å². The fraction of sp³-hybridized carbons (Fsp3) is 0.533. The van der Waals surface area contributed by atoms with Crippen LogP contribution in [0.15, 0.2) is 24.3 Å². The summed E-state index contributed by atoms with van der Waals surface area (Å²) >= 11 is 0. The molecule has 1 saturated heterocycles. The lowest BCUT2D eigenvalue weighted by molar-refractivity contribution is -0.148. The number of benzene rings is 1. The minimum Gasteiger partial charge on any atom is -0.310 e. The van der Waals surface area contributed by atoms with E-state index in [2.05, 4.69) is 11.4 Å². The van der Waals surface area contributed by atoms with Gasteiger partial charge in [0, 0.05) is 12.6 Å². The zero-order valence-corrected chi connectivity index (χ0v) is 11.7. The Morgan fingerprint density at radius 3 is 2.33 bits per heavy atom. The third kappa shape index (κ3) is 5.37. The number of piperidine rings is 1. The summed E-state index contributed by atoms with van der Waals surface area (Å²) in [5, 5.41) is 12.1. The summed E-state index contributed by atoms with van der Waals surface area (Å²) in [5.41, 5.74) is 1.70. The van der Waals surface area contributed by atoms with Crippen LogP contribution in [-0.4, -0.2) is 36.8 Å². The number of hydrogen-bond donors (Lipinski definition) is 1. The van der Waals surface area contributed by atoms with E-state index >= 15 is 0 Å². The predicted octanol–water partition coefficient (Wildman–Crippen LogP) is 2.67. The molecule has 114 valence electrons. The number of nitrogens with one attached hydrogen (secondary N) is 1. The van der Waals surface area contributed by atoms with Gasteiger partial charge in [-0.1, -0.05) is 12.1 Å². The smallest absolute Gasteiger partial charge is 0.310 e. The topological polar surface area (TPSA) is 39.1 Å². The van der Waals surface area contributed by atoms with E-state index in [1.807, 2.05) is 12.1 Å². The van der Waals surface area contributed by atoms with Gasteiger partial charge >= 0.3 is 6.18 Å². The van der Waals surface area contributed by atoms with Gasteiger partial charge in [0.25, 0.3) is 0 Å².